The molecule has 0 saturated carbocycles. The molecule has 0 unspecified atom stereocenters. The van der Waals surface area contributed by atoms with Crippen molar-refractivity contribution in [2.24, 2.45) is 5.73 Å². The maximum Gasteiger partial charge on any atom is 0.254 e. The number of rotatable bonds is 6. The predicted octanol–water partition coefficient (Wildman–Crippen LogP) is 3.19. The molecule has 1 aliphatic heterocycles. The number of hydrogen-bond donors (Lipinski definition) is 1. The lowest BCUT2D eigenvalue weighted by Crippen LogP contribution is -2.39. The van der Waals surface area contributed by atoms with Crippen molar-refractivity contribution in [1.82, 2.24) is 24.5 Å². The Morgan fingerprint density at radius 2 is 1.94 bits per heavy atom. The zero-order valence-corrected chi connectivity index (χ0v) is 19.4. The van der Waals surface area contributed by atoms with Crippen LogP contribution in [0.15, 0.2) is 61.1 Å². The molecule has 2 amide bonds. The van der Waals surface area contributed by atoms with E-state index in [0.717, 1.165) is 42.0 Å². The van der Waals surface area contributed by atoms with E-state index in [1.807, 2.05) is 41.3 Å². The van der Waals surface area contributed by atoms with Gasteiger partial charge in [-0.25, -0.2) is 9.50 Å². The minimum Gasteiger partial charge on any atom is -0.496 e. The summed E-state index contributed by atoms with van der Waals surface area (Å²) < 4.78 is 7.08. The summed E-state index contributed by atoms with van der Waals surface area (Å²) in [5.41, 5.74) is 9.32. The maximum absolute atomic E-state index is 13.7. The first-order chi connectivity index (χ1) is 17.1. The van der Waals surface area contributed by atoms with E-state index < -0.39 is 5.91 Å². The highest BCUT2D eigenvalue weighted by atomic mass is 16.5. The fourth-order valence-electron chi connectivity index (χ4n) is 4.74. The smallest absolute Gasteiger partial charge is 0.254 e. The molecule has 3 aromatic heterocycles. The van der Waals surface area contributed by atoms with Gasteiger partial charge in [-0.05, 0) is 43.5 Å². The fraction of sp³-hybridized carbons (Fsp3) is 0.269. The number of fused-ring (bicyclic) bond motifs is 1. The molecule has 9 nitrogen and oxygen atoms in total. The minimum atomic E-state index is -0.583. The van der Waals surface area contributed by atoms with Crippen LogP contribution in [0, 0.1) is 0 Å². The van der Waals surface area contributed by atoms with Crippen LogP contribution in [0.3, 0.4) is 0 Å². The molecule has 1 aliphatic rings. The molecule has 5 rings (SSSR count). The highest BCUT2D eigenvalue weighted by Crippen LogP contribution is 2.32. The van der Waals surface area contributed by atoms with Crippen molar-refractivity contribution in [2.45, 2.75) is 31.7 Å². The van der Waals surface area contributed by atoms with Crippen molar-refractivity contribution < 1.29 is 14.3 Å². The third-order valence-corrected chi connectivity index (χ3v) is 6.43. The van der Waals surface area contributed by atoms with Gasteiger partial charge in [-0.3, -0.25) is 14.6 Å². The van der Waals surface area contributed by atoms with Gasteiger partial charge in [0.2, 0.25) is 0 Å². The van der Waals surface area contributed by atoms with Crippen LogP contribution in [0.25, 0.3) is 5.65 Å². The molecule has 0 spiro atoms. The average molecular weight is 471 g/mol. The Kier molecular flexibility index (Phi) is 6.13. The third kappa shape index (κ3) is 4.32. The Hall–Kier alpha value is -4.27. The molecule has 0 aliphatic carbocycles. The van der Waals surface area contributed by atoms with Gasteiger partial charge in [-0.2, -0.15) is 5.10 Å². The first-order valence-corrected chi connectivity index (χ1v) is 11.6. The summed E-state index contributed by atoms with van der Waals surface area (Å²) in [6.07, 6.45) is 7.98. The number of carbonyl (C=O) groups is 2. The number of piperidine rings is 1. The highest BCUT2D eigenvalue weighted by molar-refractivity contribution is 5.98. The maximum atomic E-state index is 13.7. The number of nitrogens with two attached hydrogens (primary N) is 1. The SMILES string of the molecule is COc1ccccc1Cc1cc(C(=O)N2CCCC[C@H]2c2ccnc3c(C(N)=O)cnn23)ccn1. The molecule has 2 N–H and O–H groups in total. The second-order valence-electron chi connectivity index (χ2n) is 8.56. The van der Waals surface area contributed by atoms with Crippen LogP contribution in [0.5, 0.6) is 5.75 Å². The van der Waals surface area contributed by atoms with Crippen LogP contribution in [0.2, 0.25) is 0 Å². The second kappa shape index (κ2) is 9.54. The van der Waals surface area contributed by atoms with Gasteiger partial charge in [-0.1, -0.05) is 18.2 Å². The number of hydrogen-bond acceptors (Lipinski definition) is 6. The summed E-state index contributed by atoms with van der Waals surface area (Å²) in [4.78, 5) is 36.1. The number of primary amides is 1. The van der Waals surface area contributed by atoms with E-state index in [9.17, 15) is 9.59 Å². The van der Waals surface area contributed by atoms with Crippen LogP contribution < -0.4 is 10.5 Å². The van der Waals surface area contributed by atoms with Crippen molar-refractivity contribution >= 4 is 17.5 Å². The summed E-state index contributed by atoms with van der Waals surface area (Å²) in [5.74, 6) is 0.143. The summed E-state index contributed by atoms with van der Waals surface area (Å²) >= 11 is 0. The first-order valence-electron chi connectivity index (χ1n) is 11.6. The second-order valence-corrected chi connectivity index (χ2v) is 8.56. The van der Waals surface area contributed by atoms with Crippen LogP contribution in [-0.2, 0) is 6.42 Å². The molecule has 1 aromatic carbocycles. The normalized spacial score (nSPS) is 15.8. The molecule has 4 heterocycles. The van der Waals surface area contributed by atoms with Crippen molar-refractivity contribution in [1.29, 1.82) is 0 Å². The summed E-state index contributed by atoms with van der Waals surface area (Å²) in [6.45, 7) is 0.626. The van der Waals surface area contributed by atoms with Gasteiger partial charge < -0.3 is 15.4 Å². The molecule has 9 heteroatoms. The standard InChI is InChI=1S/C26H26N6O3/c1-35-23-8-3-2-6-17(23)14-19-15-18(9-11-28-19)26(34)31-13-5-4-7-21(31)22-10-12-29-25-20(24(27)33)16-30-32(22)25/h2-3,6,8-12,15-16,21H,4-5,7,13-14H2,1H3,(H2,27,33)/t21-/m0/s1. The largest absolute Gasteiger partial charge is 0.496 e. The van der Waals surface area contributed by atoms with E-state index >= 15 is 0 Å². The van der Waals surface area contributed by atoms with Crippen LogP contribution in [0.1, 0.15) is 63.0 Å². The Bertz CT molecular complexity index is 1400. The topological polar surface area (TPSA) is 116 Å². The lowest BCUT2D eigenvalue weighted by atomic mass is 9.97. The molecule has 178 valence electrons. The van der Waals surface area contributed by atoms with Crippen molar-refractivity contribution in [2.75, 3.05) is 13.7 Å². The number of likely N-dealkylation sites (tertiary alicyclic amines) is 1. The van der Waals surface area contributed by atoms with E-state index in [1.54, 1.807) is 30.1 Å². The summed E-state index contributed by atoms with van der Waals surface area (Å²) in [6, 6.07) is 13.0. The number of methoxy groups -OCH3 is 1. The van der Waals surface area contributed by atoms with Crippen molar-refractivity contribution in [3.63, 3.8) is 0 Å². The van der Waals surface area contributed by atoms with E-state index in [0.29, 0.717) is 24.2 Å². The number of aromatic nitrogens is 4. The van der Waals surface area contributed by atoms with E-state index in [-0.39, 0.29) is 17.5 Å². The van der Waals surface area contributed by atoms with Gasteiger partial charge in [0.15, 0.2) is 5.65 Å². The molecule has 1 fully saturated rings. The summed E-state index contributed by atoms with van der Waals surface area (Å²) in [7, 11) is 1.64. The third-order valence-electron chi connectivity index (χ3n) is 6.43. The van der Waals surface area contributed by atoms with Gasteiger partial charge in [-0.15, -0.1) is 0 Å². The quantitative estimate of drug-likeness (QED) is 0.463. The van der Waals surface area contributed by atoms with Crippen molar-refractivity contribution in [3.05, 3.63) is 89.1 Å². The van der Waals surface area contributed by atoms with E-state index in [1.165, 1.54) is 6.20 Å². The Morgan fingerprint density at radius 1 is 1.11 bits per heavy atom. The van der Waals surface area contributed by atoms with Crippen LogP contribution in [-0.4, -0.2) is 50.0 Å². The van der Waals surface area contributed by atoms with E-state index in [4.69, 9.17) is 10.5 Å². The number of nitrogens with zero attached hydrogens (tertiary/aromatic N) is 5. The van der Waals surface area contributed by atoms with Gasteiger partial charge in [0.05, 0.1) is 25.0 Å². The molecule has 35 heavy (non-hydrogen) atoms. The van der Waals surface area contributed by atoms with Gasteiger partial charge in [0.1, 0.15) is 11.3 Å². The van der Waals surface area contributed by atoms with Crippen molar-refractivity contribution in [3.8, 4) is 5.75 Å². The number of ether oxygens (including phenoxy) is 1. The van der Waals surface area contributed by atoms with Gasteiger partial charge in [0, 0.05) is 42.2 Å². The van der Waals surface area contributed by atoms with Gasteiger partial charge >= 0.3 is 0 Å². The molecular formula is C26H26N6O3. The molecule has 1 saturated heterocycles. The monoisotopic (exact) mass is 470 g/mol. The zero-order chi connectivity index (χ0) is 24.4. The van der Waals surface area contributed by atoms with Gasteiger partial charge in [0.25, 0.3) is 11.8 Å². The molecule has 1 atom stereocenters. The fourth-order valence-corrected chi connectivity index (χ4v) is 4.74. The molecular weight excluding hydrogens is 444 g/mol. The zero-order valence-electron chi connectivity index (χ0n) is 19.4. The lowest BCUT2D eigenvalue weighted by molar-refractivity contribution is 0.0602. The first kappa shape index (κ1) is 22.5. The number of amides is 2. The number of pyridine rings is 1. The average Bonchev–Trinajstić information content (AvgIpc) is 3.34. The Balaban J connectivity index is 1.46. The molecule has 4 aromatic rings. The Morgan fingerprint density at radius 3 is 2.77 bits per heavy atom. The molecule has 0 bridgehead atoms. The molecule has 0 radical (unpaired) electrons. The number of para-hydroxylation sites is 1. The number of carbonyl (C=O) groups excluding carboxylic acids is 2. The lowest BCUT2D eigenvalue weighted by Gasteiger charge is -2.36. The summed E-state index contributed by atoms with van der Waals surface area (Å²) in [5, 5.41) is 4.35. The number of benzene rings is 1. The minimum absolute atomic E-state index is 0.0642. The highest BCUT2D eigenvalue weighted by Gasteiger charge is 2.31. The van der Waals surface area contributed by atoms with Crippen LogP contribution >= 0.6 is 0 Å². The van der Waals surface area contributed by atoms with E-state index in [2.05, 4.69) is 15.1 Å². The Labute approximate surface area is 202 Å². The van der Waals surface area contributed by atoms with Crippen LogP contribution in [0.4, 0.5) is 0 Å². The predicted molar refractivity (Wildman–Crippen MR) is 129 cm³/mol.